The summed E-state index contributed by atoms with van der Waals surface area (Å²) in [5.74, 6) is 0.485. The summed E-state index contributed by atoms with van der Waals surface area (Å²) in [5.41, 5.74) is 1.63. The highest BCUT2D eigenvalue weighted by atomic mass is 16.5. The molecule has 60 heavy (non-hydrogen) atoms. The average Bonchev–Trinajstić information content (AvgIpc) is 3.21. The van der Waals surface area contributed by atoms with Crippen LogP contribution in [-0.4, -0.2) is 96.2 Å². The molecule has 0 saturated carbocycles. The third-order valence-corrected chi connectivity index (χ3v) is 11.4. The van der Waals surface area contributed by atoms with Crippen LogP contribution in [0.15, 0.2) is 52.7 Å². The fourth-order valence-electron chi connectivity index (χ4n) is 7.68. The predicted octanol–water partition coefficient (Wildman–Crippen LogP) is 11.4. The van der Waals surface area contributed by atoms with Crippen LogP contribution in [0.1, 0.15) is 152 Å². The molecule has 0 radical (unpaired) electrons. The highest BCUT2D eigenvalue weighted by Crippen LogP contribution is 2.49. The summed E-state index contributed by atoms with van der Waals surface area (Å²) >= 11 is 0. The maximum atomic E-state index is 14.3. The maximum absolute atomic E-state index is 14.3. The standard InChI is InChI=1S/C50H80N2O8/c1-11-17-21-37(15-5)33-57-27-25-51(23-19-13-3)39-29-41(53)45(43(31-39)59-35(7)8)47-49(55)48(50(47)56)46-42(54)30-40(32-44(46)60-36(9)10)52(24-20-14-4)26-28-58-34-38(16-6)22-18-12-2/h29-32,35-38H,11-28,33-34H2,1-10H3,(H2,53,54,55,56)/p+1. The van der Waals surface area contributed by atoms with E-state index in [-0.39, 0.29) is 51.8 Å². The van der Waals surface area contributed by atoms with Gasteiger partial charge in [0.15, 0.2) is 6.54 Å². The van der Waals surface area contributed by atoms with Gasteiger partial charge in [0.1, 0.15) is 41.9 Å². The molecule has 2 aliphatic rings. The first-order valence-corrected chi connectivity index (χ1v) is 23.4. The molecule has 2 unspecified atom stereocenters. The van der Waals surface area contributed by atoms with Crippen LogP contribution in [0.3, 0.4) is 0 Å². The molecule has 0 heterocycles. The summed E-state index contributed by atoms with van der Waals surface area (Å²) in [6.45, 7) is 26.0. The summed E-state index contributed by atoms with van der Waals surface area (Å²) in [6.07, 6.45) is 16.1. The Balaban J connectivity index is 2.02. The SMILES string of the molecule is CCCCC(CC)COCCN(CCCC)c1cc(O)c(C2=C(O)C(=C3C(O)=CC(=[N+](CCCC)CCOCC(CC)CCCC)C=C3OC(C)C)C2=O)c(OC(C)C)c1. The van der Waals surface area contributed by atoms with Crippen molar-refractivity contribution in [2.24, 2.45) is 11.8 Å². The highest BCUT2D eigenvalue weighted by molar-refractivity contribution is 6.40. The van der Waals surface area contributed by atoms with Crippen LogP contribution in [0.25, 0.3) is 5.57 Å². The molecule has 0 aromatic heterocycles. The van der Waals surface area contributed by atoms with E-state index in [1.54, 1.807) is 12.1 Å². The number of unbranched alkanes of at least 4 members (excludes halogenated alkanes) is 4. The normalized spacial score (nSPS) is 17.5. The first kappa shape index (κ1) is 50.6. The topological polar surface area (TPSA) is 121 Å². The average molecular weight is 838 g/mol. The van der Waals surface area contributed by atoms with Crippen molar-refractivity contribution in [3.63, 3.8) is 0 Å². The number of carbonyl (C=O) groups excluding carboxylic acids is 1. The van der Waals surface area contributed by atoms with Crippen LogP contribution in [0.4, 0.5) is 5.69 Å². The third kappa shape index (κ3) is 14.7. The van der Waals surface area contributed by atoms with Crippen molar-refractivity contribution in [3.05, 3.63) is 58.3 Å². The molecule has 0 amide bonds. The van der Waals surface area contributed by atoms with Crippen LogP contribution in [-0.2, 0) is 19.0 Å². The van der Waals surface area contributed by atoms with E-state index in [9.17, 15) is 20.1 Å². The van der Waals surface area contributed by atoms with Gasteiger partial charge in [-0.2, -0.15) is 0 Å². The fourth-order valence-corrected chi connectivity index (χ4v) is 7.68. The molecule has 1 aromatic carbocycles. The van der Waals surface area contributed by atoms with Crippen LogP contribution in [0.5, 0.6) is 11.5 Å². The lowest BCUT2D eigenvalue weighted by Gasteiger charge is -2.30. The second-order valence-corrected chi connectivity index (χ2v) is 17.1. The van der Waals surface area contributed by atoms with Crippen molar-refractivity contribution >= 4 is 22.8 Å². The van der Waals surface area contributed by atoms with Gasteiger partial charge in [-0.15, -0.1) is 0 Å². The number of carbonyl (C=O) groups is 1. The Morgan fingerprint density at radius 1 is 0.667 bits per heavy atom. The molecule has 1 aromatic rings. The number of benzene rings is 1. The largest absolute Gasteiger partial charge is 0.507 e. The predicted molar refractivity (Wildman–Crippen MR) is 246 cm³/mol. The van der Waals surface area contributed by atoms with E-state index in [4.69, 9.17) is 18.9 Å². The Bertz CT molecular complexity index is 1670. The highest BCUT2D eigenvalue weighted by Gasteiger charge is 2.43. The minimum atomic E-state index is -0.518. The van der Waals surface area contributed by atoms with Gasteiger partial charge in [-0.05, 0) is 58.8 Å². The van der Waals surface area contributed by atoms with E-state index in [0.717, 1.165) is 76.2 Å². The van der Waals surface area contributed by atoms with E-state index in [0.29, 0.717) is 49.6 Å². The van der Waals surface area contributed by atoms with Gasteiger partial charge in [0.05, 0.1) is 53.2 Å². The zero-order valence-corrected chi connectivity index (χ0v) is 39.0. The Morgan fingerprint density at radius 2 is 1.27 bits per heavy atom. The van der Waals surface area contributed by atoms with Crippen molar-refractivity contribution < 1.29 is 43.6 Å². The zero-order chi connectivity index (χ0) is 44.2. The van der Waals surface area contributed by atoms with Crippen LogP contribution < -0.4 is 9.64 Å². The van der Waals surface area contributed by atoms with E-state index < -0.39 is 5.78 Å². The number of phenols is 1. The van der Waals surface area contributed by atoms with Gasteiger partial charge in [0, 0.05) is 50.5 Å². The Hall–Kier alpha value is -3.76. The number of hydrogen-bond acceptors (Lipinski definition) is 9. The summed E-state index contributed by atoms with van der Waals surface area (Å²) in [7, 11) is 0. The maximum Gasteiger partial charge on any atom is 0.207 e. The number of hydrogen-bond donors (Lipinski definition) is 3. The second-order valence-electron chi connectivity index (χ2n) is 17.1. The number of Topliss-reactive ketones (excluding diaryl/α,β-unsaturated/α-hetero) is 1. The lowest BCUT2D eigenvalue weighted by atomic mass is 9.78. The van der Waals surface area contributed by atoms with Gasteiger partial charge in [0.25, 0.3) is 0 Å². The fraction of sp³-hybridized carbons (Fsp3) is 0.680. The molecule has 0 fully saturated rings. The van der Waals surface area contributed by atoms with Crippen LogP contribution >= 0.6 is 0 Å². The Labute approximate surface area is 363 Å². The number of rotatable bonds is 30. The van der Waals surface area contributed by atoms with Crippen molar-refractivity contribution in [1.29, 1.82) is 0 Å². The van der Waals surface area contributed by atoms with Crippen molar-refractivity contribution in [2.75, 3.05) is 57.5 Å². The number of ether oxygens (including phenoxy) is 4. The molecule has 0 aliphatic heterocycles. The summed E-state index contributed by atoms with van der Waals surface area (Å²) in [4.78, 5) is 16.5. The molecule has 2 atom stereocenters. The number of phenolic OH excluding ortho intramolecular Hbond substituents is 1. The third-order valence-electron chi connectivity index (χ3n) is 11.4. The number of ketones is 1. The minimum absolute atomic E-state index is 0.0594. The molecular formula is C50H81N2O8+. The minimum Gasteiger partial charge on any atom is -0.507 e. The summed E-state index contributed by atoms with van der Waals surface area (Å²) in [5, 5.41) is 35.1. The number of anilines is 1. The first-order chi connectivity index (χ1) is 28.8. The molecule has 3 rings (SSSR count). The molecular weight excluding hydrogens is 757 g/mol. The molecule has 2 aliphatic carbocycles. The van der Waals surface area contributed by atoms with Crippen molar-refractivity contribution in [3.8, 4) is 11.5 Å². The quantitative estimate of drug-likeness (QED) is 0.0395. The van der Waals surface area contributed by atoms with Crippen LogP contribution in [0, 0.1) is 11.8 Å². The lowest BCUT2D eigenvalue weighted by Crippen LogP contribution is -2.30. The van der Waals surface area contributed by atoms with Gasteiger partial charge < -0.3 is 39.2 Å². The molecule has 0 bridgehead atoms. The van der Waals surface area contributed by atoms with Gasteiger partial charge >= 0.3 is 0 Å². The number of allylic oxidation sites excluding steroid dienone is 4. The molecule has 0 saturated heterocycles. The Kier molecular flexibility index (Phi) is 22.4. The van der Waals surface area contributed by atoms with E-state index in [1.165, 1.54) is 38.5 Å². The number of aliphatic hydroxyl groups excluding tert-OH is 2. The monoisotopic (exact) mass is 838 g/mol. The van der Waals surface area contributed by atoms with Gasteiger partial charge in [-0.3, -0.25) is 4.79 Å². The van der Waals surface area contributed by atoms with Gasteiger partial charge in [-0.1, -0.05) is 92.9 Å². The second kappa shape index (κ2) is 26.5. The Morgan fingerprint density at radius 3 is 1.82 bits per heavy atom. The first-order valence-electron chi connectivity index (χ1n) is 23.4. The van der Waals surface area contributed by atoms with E-state index in [1.807, 2.05) is 39.8 Å². The summed E-state index contributed by atoms with van der Waals surface area (Å²) < 4.78 is 27.1. The summed E-state index contributed by atoms with van der Waals surface area (Å²) in [6, 6.07) is 3.48. The van der Waals surface area contributed by atoms with Crippen LogP contribution in [0.2, 0.25) is 0 Å². The molecule has 10 heteroatoms. The smallest absolute Gasteiger partial charge is 0.207 e. The number of aromatic hydroxyl groups is 1. The number of nitrogens with zero attached hydrogens (tertiary/aromatic N) is 2. The van der Waals surface area contributed by atoms with Crippen molar-refractivity contribution in [2.45, 2.75) is 158 Å². The van der Waals surface area contributed by atoms with Gasteiger partial charge in [-0.25, -0.2) is 4.58 Å². The molecule has 3 N–H and O–H groups in total. The lowest BCUT2D eigenvalue weighted by molar-refractivity contribution is -0.530. The number of aliphatic hydroxyl groups is 2. The van der Waals surface area contributed by atoms with E-state index in [2.05, 4.69) is 51.0 Å². The van der Waals surface area contributed by atoms with Gasteiger partial charge in [0.2, 0.25) is 11.5 Å². The van der Waals surface area contributed by atoms with E-state index >= 15 is 0 Å². The molecule has 0 spiro atoms. The molecule has 10 nitrogen and oxygen atoms in total. The zero-order valence-electron chi connectivity index (χ0n) is 39.0. The van der Waals surface area contributed by atoms with Crippen molar-refractivity contribution in [1.82, 2.24) is 0 Å². The molecule has 338 valence electrons.